The quantitative estimate of drug-likeness (QED) is 0.536. The van der Waals surface area contributed by atoms with Gasteiger partial charge in [-0.25, -0.2) is 8.42 Å². The molecule has 31 heavy (non-hydrogen) atoms. The smallest absolute Gasteiger partial charge is 0.339 e. The molecule has 2 aromatic carbocycles. The van der Waals surface area contributed by atoms with Crippen LogP contribution in [0, 0.1) is 0 Å². The van der Waals surface area contributed by atoms with Crippen molar-refractivity contribution in [2.24, 2.45) is 0 Å². The molecule has 164 valence electrons. The summed E-state index contributed by atoms with van der Waals surface area (Å²) < 4.78 is 71.0. The second-order valence-electron chi connectivity index (χ2n) is 7.17. The van der Waals surface area contributed by atoms with Gasteiger partial charge in [0.2, 0.25) is 21.7 Å². The zero-order chi connectivity index (χ0) is 22.2. The number of hydrogen-bond donors (Lipinski definition) is 0. The second-order valence-corrected chi connectivity index (χ2v) is 9.54. The van der Waals surface area contributed by atoms with Gasteiger partial charge in [-0.3, -0.25) is 0 Å². The molecule has 1 aliphatic rings. The largest absolute Gasteiger partial charge is 0.416 e. The lowest BCUT2D eigenvalue weighted by atomic mass is 9.98. The predicted molar refractivity (Wildman–Crippen MR) is 107 cm³/mol. The van der Waals surface area contributed by atoms with E-state index < -0.39 is 21.8 Å². The maximum absolute atomic E-state index is 12.9. The van der Waals surface area contributed by atoms with Crippen molar-refractivity contribution in [2.75, 3.05) is 13.1 Å². The van der Waals surface area contributed by atoms with Crippen LogP contribution in [0.25, 0.3) is 11.4 Å². The summed E-state index contributed by atoms with van der Waals surface area (Å²) in [6, 6.07) is 10.7. The summed E-state index contributed by atoms with van der Waals surface area (Å²) in [7, 11) is -3.64. The number of rotatable bonds is 4. The number of aromatic nitrogens is 2. The Kier molecular flexibility index (Phi) is 5.80. The average Bonchev–Trinajstić information content (AvgIpc) is 3.24. The van der Waals surface area contributed by atoms with Gasteiger partial charge in [0.1, 0.15) is 0 Å². The molecule has 6 nitrogen and oxygen atoms in total. The third-order valence-electron chi connectivity index (χ3n) is 5.14. The van der Waals surface area contributed by atoms with Crippen LogP contribution < -0.4 is 0 Å². The molecule has 4 rings (SSSR count). The van der Waals surface area contributed by atoms with Crippen molar-refractivity contribution < 1.29 is 26.1 Å². The molecule has 0 bridgehead atoms. The number of sulfonamides is 1. The summed E-state index contributed by atoms with van der Waals surface area (Å²) in [5, 5.41) is 4.26. The zero-order valence-electron chi connectivity index (χ0n) is 16.0. The Hall–Kier alpha value is -2.43. The van der Waals surface area contributed by atoms with Crippen LogP contribution in [0.3, 0.4) is 0 Å². The van der Waals surface area contributed by atoms with Crippen LogP contribution in [-0.4, -0.2) is 36.0 Å². The molecular weight excluding hydrogens is 455 g/mol. The Balaban J connectivity index is 1.46. The van der Waals surface area contributed by atoms with Gasteiger partial charge < -0.3 is 4.52 Å². The SMILES string of the molecule is O=S(=O)(c1ccc(Cl)cc1)N1CCC(c2nc(-c3cccc(C(F)(F)F)c3)no2)CC1. The molecule has 0 amide bonds. The molecule has 3 aromatic rings. The number of nitrogens with zero attached hydrogens (tertiary/aromatic N) is 3. The van der Waals surface area contributed by atoms with Gasteiger partial charge in [0.15, 0.2) is 0 Å². The van der Waals surface area contributed by atoms with Crippen molar-refractivity contribution in [3.63, 3.8) is 0 Å². The molecule has 11 heteroatoms. The van der Waals surface area contributed by atoms with Crippen molar-refractivity contribution in [1.82, 2.24) is 14.4 Å². The molecule has 0 spiro atoms. The normalized spacial score (nSPS) is 16.5. The number of halogens is 4. The first-order valence-electron chi connectivity index (χ1n) is 9.41. The van der Waals surface area contributed by atoms with Gasteiger partial charge in [0.05, 0.1) is 10.5 Å². The molecule has 1 saturated heterocycles. The van der Waals surface area contributed by atoms with Gasteiger partial charge in [0, 0.05) is 29.6 Å². The van der Waals surface area contributed by atoms with Crippen LogP contribution in [0.4, 0.5) is 13.2 Å². The number of alkyl halides is 3. The summed E-state index contributed by atoms with van der Waals surface area (Å²) in [6.07, 6.45) is -3.56. The number of benzene rings is 2. The summed E-state index contributed by atoms with van der Waals surface area (Å²) in [5.74, 6) is 0.178. The first-order chi connectivity index (χ1) is 14.6. The predicted octanol–water partition coefficient (Wildman–Crippen LogP) is 4.98. The van der Waals surface area contributed by atoms with Crippen LogP contribution in [-0.2, 0) is 16.2 Å². The lowest BCUT2D eigenvalue weighted by Gasteiger charge is -2.29. The number of piperidine rings is 1. The molecule has 1 aliphatic heterocycles. The lowest BCUT2D eigenvalue weighted by Crippen LogP contribution is -2.37. The van der Waals surface area contributed by atoms with E-state index in [0.717, 1.165) is 12.1 Å². The zero-order valence-corrected chi connectivity index (χ0v) is 17.6. The topological polar surface area (TPSA) is 76.3 Å². The third kappa shape index (κ3) is 4.60. The molecule has 0 unspecified atom stereocenters. The Labute approximate surface area is 181 Å². The Bertz CT molecular complexity index is 1170. The summed E-state index contributed by atoms with van der Waals surface area (Å²) >= 11 is 5.82. The highest BCUT2D eigenvalue weighted by molar-refractivity contribution is 7.89. The van der Waals surface area contributed by atoms with Crippen LogP contribution in [0.5, 0.6) is 0 Å². The maximum atomic E-state index is 12.9. The average molecular weight is 472 g/mol. The molecule has 0 radical (unpaired) electrons. The summed E-state index contributed by atoms with van der Waals surface area (Å²) in [6.45, 7) is 0.522. The van der Waals surface area contributed by atoms with E-state index in [1.54, 1.807) is 0 Å². The van der Waals surface area contributed by atoms with E-state index >= 15 is 0 Å². The van der Waals surface area contributed by atoms with E-state index in [0.29, 0.717) is 17.9 Å². The monoisotopic (exact) mass is 471 g/mol. The fraction of sp³-hybridized carbons (Fsp3) is 0.300. The fourth-order valence-electron chi connectivity index (χ4n) is 3.45. The Morgan fingerprint density at radius 1 is 1.06 bits per heavy atom. The standard InChI is InChI=1S/C20H17ClF3N3O3S/c21-16-4-6-17(7-5-16)31(28,29)27-10-8-13(9-11-27)19-25-18(26-30-19)14-2-1-3-15(12-14)20(22,23)24/h1-7,12-13H,8-11H2. The highest BCUT2D eigenvalue weighted by atomic mass is 35.5. The molecule has 0 saturated carbocycles. The van der Waals surface area contributed by atoms with Gasteiger partial charge in [-0.05, 0) is 49.2 Å². The van der Waals surface area contributed by atoms with Gasteiger partial charge in [-0.2, -0.15) is 22.5 Å². The molecular formula is C20H17ClF3N3O3S. The first-order valence-corrected chi connectivity index (χ1v) is 11.2. The fourth-order valence-corrected chi connectivity index (χ4v) is 5.05. The highest BCUT2D eigenvalue weighted by Crippen LogP contribution is 2.33. The van der Waals surface area contributed by atoms with E-state index in [4.69, 9.17) is 16.1 Å². The van der Waals surface area contributed by atoms with Crippen molar-refractivity contribution in [1.29, 1.82) is 0 Å². The highest BCUT2D eigenvalue weighted by Gasteiger charge is 2.33. The van der Waals surface area contributed by atoms with Crippen LogP contribution >= 0.6 is 11.6 Å². The molecule has 0 N–H and O–H groups in total. The van der Waals surface area contributed by atoms with Gasteiger partial charge >= 0.3 is 6.18 Å². The van der Waals surface area contributed by atoms with Gasteiger partial charge in [-0.1, -0.05) is 28.9 Å². The lowest BCUT2D eigenvalue weighted by molar-refractivity contribution is -0.137. The molecule has 1 aromatic heterocycles. The van der Waals surface area contributed by atoms with E-state index in [1.807, 2.05) is 0 Å². The molecule has 0 atom stereocenters. The van der Waals surface area contributed by atoms with E-state index in [2.05, 4.69) is 10.1 Å². The minimum Gasteiger partial charge on any atom is -0.339 e. The van der Waals surface area contributed by atoms with Gasteiger partial charge in [0.25, 0.3) is 0 Å². The van der Waals surface area contributed by atoms with Crippen molar-refractivity contribution in [2.45, 2.75) is 29.8 Å². The summed E-state index contributed by atoms with van der Waals surface area (Å²) in [4.78, 5) is 4.42. The number of hydrogen-bond acceptors (Lipinski definition) is 5. The minimum absolute atomic E-state index is 0.0670. The second kappa shape index (κ2) is 8.25. The maximum Gasteiger partial charge on any atom is 0.416 e. The third-order valence-corrected chi connectivity index (χ3v) is 7.31. The molecule has 1 fully saturated rings. The van der Waals surface area contributed by atoms with Crippen molar-refractivity contribution in [3.05, 3.63) is 65.0 Å². The van der Waals surface area contributed by atoms with Crippen molar-refractivity contribution >= 4 is 21.6 Å². The van der Waals surface area contributed by atoms with Crippen LogP contribution in [0.15, 0.2) is 57.9 Å². The van der Waals surface area contributed by atoms with E-state index in [1.165, 1.54) is 40.7 Å². The minimum atomic E-state index is -4.47. The van der Waals surface area contributed by atoms with E-state index in [-0.39, 0.29) is 41.2 Å². The van der Waals surface area contributed by atoms with Gasteiger partial charge in [-0.15, -0.1) is 0 Å². The van der Waals surface area contributed by atoms with Crippen LogP contribution in [0.1, 0.15) is 30.2 Å². The first kappa shape index (κ1) is 21.8. The molecule has 2 heterocycles. The molecule has 0 aliphatic carbocycles. The van der Waals surface area contributed by atoms with Crippen LogP contribution in [0.2, 0.25) is 5.02 Å². The summed E-state index contributed by atoms with van der Waals surface area (Å²) in [5.41, 5.74) is -0.593. The van der Waals surface area contributed by atoms with E-state index in [9.17, 15) is 21.6 Å². The Morgan fingerprint density at radius 2 is 1.74 bits per heavy atom. The van der Waals surface area contributed by atoms with Crippen molar-refractivity contribution in [3.8, 4) is 11.4 Å². The Morgan fingerprint density at radius 3 is 2.39 bits per heavy atom.